The zero-order chi connectivity index (χ0) is 12.1. The van der Waals surface area contributed by atoms with E-state index in [1.807, 2.05) is 11.8 Å². The van der Waals surface area contributed by atoms with Gasteiger partial charge < -0.3 is 4.74 Å². The van der Waals surface area contributed by atoms with Crippen LogP contribution < -0.4 is 5.32 Å². The van der Waals surface area contributed by atoms with E-state index in [2.05, 4.69) is 18.3 Å². The van der Waals surface area contributed by atoms with Gasteiger partial charge in [-0.3, -0.25) is 5.32 Å². The first-order valence-electron chi connectivity index (χ1n) is 6.66. The first-order valence-corrected chi connectivity index (χ1v) is 7.82. The first-order chi connectivity index (χ1) is 8.30. The van der Waals surface area contributed by atoms with Crippen molar-refractivity contribution in [1.29, 1.82) is 5.26 Å². The molecular weight excluding hydrogens is 232 g/mol. The number of hydrogen-bond acceptors (Lipinski definition) is 4. The molecule has 0 radical (unpaired) electrons. The third kappa shape index (κ3) is 3.37. The second-order valence-corrected chi connectivity index (χ2v) is 6.07. The van der Waals surface area contributed by atoms with E-state index < -0.39 is 0 Å². The summed E-state index contributed by atoms with van der Waals surface area (Å²) in [6.45, 7) is 3.88. The highest BCUT2D eigenvalue weighted by Gasteiger charge is 2.45. The Morgan fingerprint density at radius 1 is 1.47 bits per heavy atom. The molecule has 0 aromatic carbocycles. The van der Waals surface area contributed by atoms with Crippen molar-refractivity contribution in [2.24, 2.45) is 5.92 Å². The molecule has 1 saturated carbocycles. The number of ether oxygens (including phenoxy) is 1. The predicted molar refractivity (Wildman–Crippen MR) is 71.0 cm³/mol. The lowest BCUT2D eigenvalue weighted by Gasteiger charge is -2.27. The molecule has 17 heavy (non-hydrogen) atoms. The van der Waals surface area contributed by atoms with Crippen molar-refractivity contribution in [3.8, 4) is 6.07 Å². The molecule has 2 aliphatic rings. The van der Waals surface area contributed by atoms with Gasteiger partial charge in [-0.05, 0) is 38.1 Å². The molecule has 1 aliphatic heterocycles. The third-order valence-corrected chi connectivity index (χ3v) is 4.89. The molecule has 2 fully saturated rings. The Kier molecular flexibility index (Phi) is 4.72. The molecule has 1 saturated heterocycles. The smallest absolute Gasteiger partial charge is 0.118 e. The largest absolute Gasteiger partial charge is 0.377 e. The van der Waals surface area contributed by atoms with Crippen molar-refractivity contribution in [2.75, 3.05) is 24.7 Å². The van der Waals surface area contributed by atoms with E-state index in [9.17, 15) is 5.26 Å². The van der Waals surface area contributed by atoms with Crippen LogP contribution in [0.25, 0.3) is 0 Å². The summed E-state index contributed by atoms with van der Waals surface area (Å²) in [6.07, 6.45) is 5.24. The maximum Gasteiger partial charge on any atom is 0.118 e. The van der Waals surface area contributed by atoms with Crippen molar-refractivity contribution in [1.82, 2.24) is 5.32 Å². The Morgan fingerprint density at radius 3 is 2.82 bits per heavy atom. The minimum Gasteiger partial charge on any atom is -0.377 e. The highest BCUT2D eigenvalue weighted by Crippen LogP contribution is 2.41. The van der Waals surface area contributed by atoms with Crippen LogP contribution in [0.1, 0.15) is 32.6 Å². The van der Waals surface area contributed by atoms with Gasteiger partial charge in [0, 0.05) is 18.1 Å². The van der Waals surface area contributed by atoms with Crippen LogP contribution in [0.3, 0.4) is 0 Å². The monoisotopic (exact) mass is 254 g/mol. The fraction of sp³-hybridized carbons (Fsp3) is 0.923. The maximum atomic E-state index is 9.45. The van der Waals surface area contributed by atoms with Gasteiger partial charge in [-0.25, -0.2) is 0 Å². The van der Waals surface area contributed by atoms with Crippen molar-refractivity contribution < 1.29 is 4.74 Å². The van der Waals surface area contributed by atoms with Crippen molar-refractivity contribution >= 4 is 11.8 Å². The van der Waals surface area contributed by atoms with Gasteiger partial charge in [-0.1, -0.05) is 6.92 Å². The Labute approximate surface area is 108 Å². The van der Waals surface area contributed by atoms with E-state index >= 15 is 0 Å². The second-order valence-electron chi connectivity index (χ2n) is 5.04. The lowest BCUT2D eigenvalue weighted by Crippen LogP contribution is -2.48. The summed E-state index contributed by atoms with van der Waals surface area (Å²) in [6, 6.07) is 2.53. The second kappa shape index (κ2) is 6.08. The fourth-order valence-corrected chi connectivity index (χ4v) is 3.86. The minimum absolute atomic E-state index is 0.280. The molecule has 2 atom stereocenters. The van der Waals surface area contributed by atoms with Gasteiger partial charge in [0.25, 0.3) is 0 Å². The molecule has 4 heteroatoms. The van der Waals surface area contributed by atoms with Crippen LogP contribution in [0.15, 0.2) is 0 Å². The van der Waals surface area contributed by atoms with E-state index in [1.54, 1.807) is 0 Å². The van der Waals surface area contributed by atoms with E-state index in [0.29, 0.717) is 12.0 Å². The Bertz CT molecular complexity index is 282. The lowest BCUT2D eigenvalue weighted by atomic mass is 9.98. The lowest BCUT2D eigenvalue weighted by molar-refractivity contribution is 0.129. The molecule has 0 aromatic rings. The average Bonchev–Trinajstić information content (AvgIpc) is 3.07. The zero-order valence-corrected chi connectivity index (χ0v) is 11.4. The van der Waals surface area contributed by atoms with Gasteiger partial charge in [-0.2, -0.15) is 17.0 Å². The molecule has 3 nitrogen and oxygen atoms in total. The number of nitriles is 1. The zero-order valence-electron chi connectivity index (χ0n) is 10.6. The molecule has 2 unspecified atom stereocenters. The number of rotatable bonds is 7. The first kappa shape index (κ1) is 13.2. The quantitative estimate of drug-likeness (QED) is 0.756. The van der Waals surface area contributed by atoms with Crippen molar-refractivity contribution in [3.05, 3.63) is 0 Å². The Balaban J connectivity index is 1.78. The molecule has 0 amide bonds. The van der Waals surface area contributed by atoms with Crippen LogP contribution in [0.5, 0.6) is 0 Å². The summed E-state index contributed by atoms with van der Waals surface area (Å²) in [5, 5.41) is 12.9. The Hall–Kier alpha value is -0.240. The summed E-state index contributed by atoms with van der Waals surface area (Å²) in [7, 11) is 0. The number of nitrogens with zero attached hydrogens (tertiary/aromatic N) is 1. The summed E-state index contributed by atoms with van der Waals surface area (Å²) < 4.78 is 5.61. The van der Waals surface area contributed by atoms with Crippen LogP contribution >= 0.6 is 11.8 Å². The molecule has 96 valence electrons. The van der Waals surface area contributed by atoms with Crippen LogP contribution in [0.4, 0.5) is 0 Å². The van der Waals surface area contributed by atoms with E-state index in [-0.39, 0.29) is 5.54 Å². The van der Waals surface area contributed by atoms with E-state index in [0.717, 1.165) is 24.7 Å². The van der Waals surface area contributed by atoms with E-state index in [4.69, 9.17) is 4.74 Å². The Morgan fingerprint density at radius 2 is 2.29 bits per heavy atom. The van der Waals surface area contributed by atoms with Gasteiger partial charge in [0.15, 0.2) is 0 Å². The molecule has 1 heterocycles. The average molecular weight is 254 g/mol. The van der Waals surface area contributed by atoms with Crippen LogP contribution in [0, 0.1) is 17.2 Å². The van der Waals surface area contributed by atoms with Gasteiger partial charge in [0.2, 0.25) is 0 Å². The third-order valence-electron chi connectivity index (χ3n) is 3.62. The highest BCUT2D eigenvalue weighted by molar-refractivity contribution is 7.99. The van der Waals surface area contributed by atoms with Gasteiger partial charge in [0.1, 0.15) is 5.54 Å². The number of nitrogens with one attached hydrogen (secondary N) is 1. The minimum atomic E-state index is -0.280. The summed E-state index contributed by atoms with van der Waals surface area (Å²) in [5.74, 6) is 2.52. The molecule has 0 aromatic heterocycles. The molecular formula is C13H22N2OS. The fourth-order valence-electron chi connectivity index (χ4n) is 2.50. The predicted octanol–water partition coefficient (Wildman–Crippen LogP) is 2.18. The van der Waals surface area contributed by atoms with Crippen molar-refractivity contribution in [2.45, 2.75) is 44.2 Å². The number of thioether (sulfide) groups is 1. The van der Waals surface area contributed by atoms with Gasteiger partial charge >= 0.3 is 0 Å². The summed E-state index contributed by atoms with van der Waals surface area (Å²) in [4.78, 5) is 0. The standard InChI is InChI=1S/C13H22N2OS/c1-2-15-13(9-14,11-5-6-11)10-17-8-12-4-3-7-16-12/h11-12,15H,2-8,10H2,1H3. The van der Waals surface area contributed by atoms with Gasteiger partial charge in [-0.15, -0.1) is 0 Å². The number of hydrogen-bond donors (Lipinski definition) is 1. The maximum absolute atomic E-state index is 9.45. The highest BCUT2D eigenvalue weighted by atomic mass is 32.2. The van der Waals surface area contributed by atoms with Crippen LogP contribution in [-0.2, 0) is 4.74 Å². The van der Waals surface area contributed by atoms with Gasteiger partial charge in [0.05, 0.1) is 12.2 Å². The summed E-state index contributed by atoms with van der Waals surface area (Å²) >= 11 is 1.88. The normalized spacial score (nSPS) is 27.6. The molecule has 1 N–H and O–H groups in total. The van der Waals surface area contributed by atoms with Crippen molar-refractivity contribution in [3.63, 3.8) is 0 Å². The van der Waals surface area contributed by atoms with E-state index in [1.165, 1.54) is 25.7 Å². The topological polar surface area (TPSA) is 45.0 Å². The molecule has 2 rings (SSSR count). The molecule has 1 aliphatic carbocycles. The molecule has 0 spiro atoms. The summed E-state index contributed by atoms with van der Waals surface area (Å²) in [5.41, 5.74) is -0.280. The van der Waals surface area contributed by atoms with Crippen LogP contribution in [-0.4, -0.2) is 36.3 Å². The van der Waals surface area contributed by atoms with Crippen LogP contribution in [0.2, 0.25) is 0 Å². The SMILES string of the molecule is CCNC(C#N)(CSCC1CCCO1)C1CC1. The molecule has 0 bridgehead atoms.